The van der Waals surface area contributed by atoms with Crippen molar-refractivity contribution in [3.8, 4) is 11.8 Å². The molecule has 0 spiro atoms. The van der Waals surface area contributed by atoms with Gasteiger partial charge >= 0.3 is 0 Å². The van der Waals surface area contributed by atoms with Crippen LogP contribution in [0.15, 0.2) is 65.8 Å². The van der Waals surface area contributed by atoms with E-state index < -0.39 is 22.3 Å². The van der Waals surface area contributed by atoms with Gasteiger partial charge in [-0.05, 0) is 60.4 Å². The molecule has 4 aromatic rings. The molecule has 2 aliphatic rings. The van der Waals surface area contributed by atoms with Crippen LogP contribution in [0.25, 0.3) is 11.2 Å². The van der Waals surface area contributed by atoms with E-state index in [-0.39, 0.29) is 22.8 Å². The average Bonchev–Trinajstić information content (AvgIpc) is 3.51. The lowest BCUT2D eigenvalue weighted by Crippen LogP contribution is -2.31. The Bertz CT molecular complexity index is 1660. The maximum Gasteiger partial charge on any atom is 0.294 e. The van der Waals surface area contributed by atoms with E-state index in [9.17, 15) is 23.2 Å². The fraction of sp³-hybridized carbons (Fsp3) is 0.296. The number of nitrogens with one attached hydrogen (secondary N) is 1. The monoisotopic (exact) mass is 531 g/mol. The normalized spacial score (nSPS) is 24.0. The van der Waals surface area contributed by atoms with Crippen LogP contribution in [0.1, 0.15) is 29.4 Å². The lowest BCUT2D eigenvalue weighted by atomic mass is 10.1. The molecule has 6 rings (SSSR count). The van der Waals surface area contributed by atoms with E-state index in [4.69, 9.17) is 0 Å². The molecule has 5 atom stereocenters. The summed E-state index contributed by atoms with van der Waals surface area (Å²) in [5.41, 5.74) is 2.75. The van der Waals surface area contributed by atoms with E-state index in [2.05, 4.69) is 32.1 Å². The molecule has 2 saturated carbocycles. The van der Waals surface area contributed by atoms with Crippen molar-refractivity contribution < 1.29 is 23.2 Å². The number of benzene rings is 2. The van der Waals surface area contributed by atoms with Crippen LogP contribution < -0.4 is 5.32 Å². The molecule has 2 aliphatic carbocycles. The first-order valence-corrected chi connectivity index (χ1v) is 13.7. The van der Waals surface area contributed by atoms with Crippen LogP contribution in [-0.2, 0) is 16.5 Å². The highest BCUT2D eigenvalue weighted by Gasteiger charge is 2.60. The van der Waals surface area contributed by atoms with Gasteiger partial charge in [-0.2, -0.15) is 8.42 Å². The van der Waals surface area contributed by atoms with Gasteiger partial charge in [0.05, 0.1) is 23.4 Å². The molecule has 0 aliphatic heterocycles. The highest BCUT2D eigenvalue weighted by molar-refractivity contribution is 7.85. The van der Waals surface area contributed by atoms with Crippen LogP contribution >= 0.6 is 0 Å². The fourth-order valence-corrected chi connectivity index (χ4v) is 5.70. The Morgan fingerprint density at radius 1 is 0.974 bits per heavy atom. The molecule has 10 nitrogen and oxygen atoms in total. The van der Waals surface area contributed by atoms with Crippen LogP contribution in [0, 0.1) is 23.7 Å². The SMILES string of the molecule is O=S(=O)(O)c1ccc(CCNc2nc(C#Cc3ccccc3)nc3c2ncn3[C@H]2[C@H](O)[C@H](O)[C@@H]3C[C@@H]32)cc1. The number of nitrogens with zero attached hydrogens (tertiary/aromatic N) is 4. The van der Waals surface area contributed by atoms with Gasteiger partial charge in [0.25, 0.3) is 10.1 Å². The standard InChI is InChI=1S/C27H25N5O5S/c33-24-20-14-19(20)23(25(24)34)32-15-29-22-26(28-13-12-17-6-9-18(10-7-17)38(35,36)37)30-21(31-27(22)32)11-8-16-4-2-1-3-5-16/h1-7,9-10,15,19-20,23-25,33-34H,12-14H2,(H,28,30,31)(H,35,36,37)/t19-,20+,23+,24+,25-/m0/s1. The minimum atomic E-state index is -4.24. The molecular weight excluding hydrogens is 506 g/mol. The lowest BCUT2D eigenvalue weighted by molar-refractivity contribution is 0.00386. The highest BCUT2D eigenvalue weighted by Crippen LogP contribution is 2.57. The van der Waals surface area contributed by atoms with Crippen molar-refractivity contribution in [1.29, 1.82) is 0 Å². The first-order valence-electron chi connectivity index (χ1n) is 12.3. The van der Waals surface area contributed by atoms with Crippen LogP contribution in [0.3, 0.4) is 0 Å². The zero-order valence-electron chi connectivity index (χ0n) is 20.1. The molecule has 38 heavy (non-hydrogen) atoms. The van der Waals surface area contributed by atoms with Crippen LogP contribution in [-0.4, -0.2) is 61.5 Å². The van der Waals surface area contributed by atoms with Gasteiger partial charge in [-0.15, -0.1) is 0 Å². The Kier molecular flexibility index (Phi) is 6.12. The summed E-state index contributed by atoms with van der Waals surface area (Å²) in [6, 6.07) is 15.2. The summed E-state index contributed by atoms with van der Waals surface area (Å²) in [4.78, 5) is 13.7. The van der Waals surface area contributed by atoms with Gasteiger partial charge in [0.15, 0.2) is 17.0 Å². The Morgan fingerprint density at radius 3 is 2.42 bits per heavy atom. The van der Waals surface area contributed by atoms with Gasteiger partial charge in [-0.25, -0.2) is 15.0 Å². The highest BCUT2D eigenvalue weighted by atomic mass is 32.2. The summed E-state index contributed by atoms with van der Waals surface area (Å²) in [7, 11) is -4.24. The molecule has 2 aromatic heterocycles. The molecule has 0 radical (unpaired) electrons. The van der Waals surface area contributed by atoms with Gasteiger partial charge in [0.2, 0.25) is 5.82 Å². The second kappa shape index (κ2) is 9.49. The summed E-state index contributed by atoms with van der Waals surface area (Å²) < 4.78 is 33.6. The number of aliphatic hydroxyl groups is 2. The van der Waals surface area contributed by atoms with E-state index >= 15 is 0 Å². The topological polar surface area (TPSA) is 150 Å². The lowest BCUT2D eigenvalue weighted by Gasteiger charge is -2.22. The van der Waals surface area contributed by atoms with E-state index in [0.29, 0.717) is 35.8 Å². The van der Waals surface area contributed by atoms with E-state index in [1.165, 1.54) is 12.1 Å². The minimum Gasteiger partial charge on any atom is -0.390 e. The summed E-state index contributed by atoms with van der Waals surface area (Å²) >= 11 is 0. The first-order chi connectivity index (χ1) is 18.3. The third-order valence-electron chi connectivity index (χ3n) is 7.23. The largest absolute Gasteiger partial charge is 0.390 e. The van der Waals surface area contributed by atoms with Crippen LogP contribution in [0.5, 0.6) is 0 Å². The Hall–Kier alpha value is -3.82. The molecule has 0 amide bonds. The summed E-state index contributed by atoms with van der Waals surface area (Å²) in [6.07, 6.45) is 1.39. The third-order valence-corrected chi connectivity index (χ3v) is 8.10. The van der Waals surface area contributed by atoms with Crippen LogP contribution in [0.4, 0.5) is 5.82 Å². The van der Waals surface area contributed by atoms with Gasteiger partial charge in [0.1, 0.15) is 6.10 Å². The number of imidazole rings is 1. The fourth-order valence-electron chi connectivity index (χ4n) is 5.22. The molecule has 11 heteroatoms. The molecule has 2 aromatic carbocycles. The Labute approximate surface area is 219 Å². The maximum atomic E-state index is 11.3. The molecule has 0 saturated heterocycles. The maximum absolute atomic E-state index is 11.3. The van der Waals surface area contributed by atoms with Gasteiger partial charge in [0, 0.05) is 12.1 Å². The summed E-state index contributed by atoms with van der Waals surface area (Å²) in [5, 5.41) is 24.3. The van der Waals surface area contributed by atoms with Gasteiger partial charge in [-0.3, -0.25) is 4.55 Å². The Morgan fingerprint density at radius 2 is 1.74 bits per heavy atom. The number of aliphatic hydroxyl groups excluding tert-OH is 2. The van der Waals surface area contributed by atoms with E-state index in [1.807, 2.05) is 34.9 Å². The number of fused-ring (bicyclic) bond motifs is 2. The summed E-state index contributed by atoms with van der Waals surface area (Å²) in [6.45, 7) is 0.464. The van der Waals surface area contributed by atoms with Crippen LogP contribution in [0.2, 0.25) is 0 Å². The predicted octanol–water partition coefficient (Wildman–Crippen LogP) is 2.04. The van der Waals surface area contributed by atoms with Gasteiger partial charge < -0.3 is 20.1 Å². The summed E-state index contributed by atoms with van der Waals surface area (Å²) in [5.74, 6) is 7.15. The molecule has 0 unspecified atom stereocenters. The Balaban J connectivity index is 1.30. The van der Waals surface area contributed by atoms with Crippen molar-refractivity contribution in [2.75, 3.05) is 11.9 Å². The molecule has 4 N–H and O–H groups in total. The van der Waals surface area contributed by atoms with Crippen molar-refractivity contribution in [3.05, 3.63) is 77.9 Å². The van der Waals surface area contributed by atoms with Crippen molar-refractivity contribution in [1.82, 2.24) is 19.5 Å². The quantitative estimate of drug-likeness (QED) is 0.216. The molecule has 2 heterocycles. The first kappa shape index (κ1) is 24.5. The number of anilines is 1. The predicted molar refractivity (Wildman–Crippen MR) is 139 cm³/mol. The molecular formula is C27H25N5O5S. The van der Waals surface area contributed by atoms with Crippen molar-refractivity contribution in [2.45, 2.75) is 36.0 Å². The third kappa shape index (κ3) is 4.63. The van der Waals surface area contributed by atoms with E-state index in [1.54, 1.807) is 18.5 Å². The van der Waals surface area contributed by atoms with Gasteiger partial charge in [-0.1, -0.05) is 36.3 Å². The number of rotatable bonds is 6. The second-order valence-electron chi connectivity index (χ2n) is 9.67. The molecule has 2 fully saturated rings. The zero-order chi connectivity index (χ0) is 26.4. The zero-order valence-corrected chi connectivity index (χ0v) is 21.0. The number of hydrogen-bond donors (Lipinski definition) is 4. The van der Waals surface area contributed by atoms with Crippen molar-refractivity contribution >= 4 is 27.1 Å². The van der Waals surface area contributed by atoms with Crippen molar-refractivity contribution in [3.63, 3.8) is 0 Å². The van der Waals surface area contributed by atoms with Crippen molar-refractivity contribution in [2.24, 2.45) is 11.8 Å². The number of aromatic nitrogens is 4. The second-order valence-corrected chi connectivity index (χ2v) is 11.1. The van der Waals surface area contributed by atoms with E-state index in [0.717, 1.165) is 17.5 Å². The number of hydrogen-bond acceptors (Lipinski definition) is 8. The smallest absolute Gasteiger partial charge is 0.294 e. The average molecular weight is 532 g/mol. The molecule has 0 bridgehead atoms. The molecule has 194 valence electrons. The minimum absolute atomic E-state index is 0.0939.